The van der Waals surface area contributed by atoms with Gasteiger partial charge >= 0.3 is 0 Å². The fourth-order valence-electron chi connectivity index (χ4n) is 2.65. The molecule has 0 aliphatic heterocycles. The van der Waals surface area contributed by atoms with Gasteiger partial charge in [0.1, 0.15) is 0 Å². The molecule has 0 spiro atoms. The predicted molar refractivity (Wildman–Crippen MR) is 127 cm³/mol. The highest BCUT2D eigenvalue weighted by Gasteiger charge is 2.03. The minimum Gasteiger partial charge on any atom is -0.357 e. The van der Waals surface area contributed by atoms with Gasteiger partial charge in [0, 0.05) is 43.0 Å². The average Bonchev–Trinajstić information content (AvgIpc) is 3.38. The minimum atomic E-state index is 0. The summed E-state index contributed by atoms with van der Waals surface area (Å²) in [5.41, 5.74) is 2.19. The highest BCUT2D eigenvalue weighted by Crippen LogP contribution is 2.13. The summed E-state index contributed by atoms with van der Waals surface area (Å²) in [7, 11) is 0. The van der Waals surface area contributed by atoms with Crippen LogP contribution in [0.25, 0.3) is 5.69 Å². The van der Waals surface area contributed by atoms with Crippen molar-refractivity contribution in [1.29, 1.82) is 0 Å². The standard InChI is InChI=1S/C20H26N6S.HI/c1-3-18-15-23-19(27-18)9-11-22-20(21-4-2)24-14-16-7-5-8-17(13-16)26-12-6-10-25-26;/h5-8,10,12-13,15H,3-4,9,11,14H2,1-2H3,(H2,21,22,24);1H. The Balaban J connectivity index is 0.00000280. The summed E-state index contributed by atoms with van der Waals surface area (Å²) in [4.78, 5) is 10.5. The first-order valence-electron chi connectivity index (χ1n) is 9.33. The molecule has 0 aliphatic carbocycles. The Hall–Kier alpha value is -1.94. The number of nitrogens with one attached hydrogen (secondary N) is 2. The molecule has 2 aromatic heterocycles. The number of aromatic nitrogens is 3. The summed E-state index contributed by atoms with van der Waals surface area (Å²) in [5.74, 6) is 0.828. The lowest BCUT2D eigenvalue weighted by Crippen LogP contribution is -2.38. The van der Waals surface area contributed by atoms with Gasteiger partial charge in [0.2, 0.25) is 0 Å². The molecule has 0 saturated heterocycles. The van der Waals surface area contributed by atoms with Crippen LogP contribution in [0.4, 0.5) is 0 Å². The van der Waals surface area contributed by atoms with E-state index in [1.807, 2.05) is 35.3 Å². The van der Waals surface area contributed by atoms with Crippen molar-refractivity contribution in [2.24, 2.45) is 4.99 Å². The van der Waals surface area contributed by atoms with Crippen molar-refractivity contribution in [3.8, 4) is 5.69 Å². The van der Waals surface area contributed by atoms with Crippen LogP contribution in [-0.2, 0) is 19.4 Å². The Kier molecular flexibility index (Phi) is 9.42. The second-order valence-electron chi connectivity index (χ2n) is 6.07. The number of hydrogen-bond donors (Lipinski definition) is 2. The van der Waals surface area contributed by atoms with Crippen LogP contribution in [0.5, 0.6) is 0 Å². The van der Waals surface area contributed by atoms with E-state index in [0.29, 0.717) is 6.54 Å². The lowest BCUT2D eigenvalue weighted by Gasteiger charge is -2.11. The molecular weight excluding hydrogens is 483 g/mol. The molecule has 0 saturated carbocycles. The van der Waals surface area contributed by atoms with Gasteiger partial charge in [0.15, 0.2) is 5.96 Å². The fraction of sp³-hybridized carbons (Fsp3) is 0.350. The Morgan fingerprint density at radius 2 is 2.11 bits per heavy atom. The quantitative estimate of drug-likeness (QED) is 0.275. The van der Waals surface area contributed by atoms with Crippen molar-refractivity contribution in [2.45, 2.75) is 33.2 Å². The summed E-state index contributed by atoms with van der Waals surface area (Å²) in [6.45, 7) is 6.49. The predicted octanol–water partition coefficient (Wildman–Crippen LogP) is 3.81. The molecule has 6 nitrogen and oxygen atoms in total. The van der Waals surface area contributed by atoms with Crippen LogP contribution in [0.1, 0.15) is 29.3 Å². The van der Waals surface area contributed by atoms with Crippen molar-refractivity contribution < 1.29 is 0 Å². The molecule has 0 fully saturated rings. The van der Waals surface area contributed by atoms with Crippen molar-refractivity contribution >= 4 is 41.3 Å². The molecule has 150 valence electrons. The number of benzene rings is 1. The van der Waals surface area contributed by atoms with Crippen molar-refractivity contribution in [3.63, 3.8) is 0 Å². The first-order valence-corrected chi connectivity index (χ1v) is 10.1. The number of aryl methyl sites for hydroxylation is 1. The smallest absolute Gasteiger partial charge is 0.191 e. The summed E-state index contributed by atoms with van der Waals surface area (Å²) in [6.07, 6.45) is 7.66. The molecular formula is C20H27IN6S. The van der Waals surface area contributed by atoms with Crippen molar-refractivity contribution in [1.82, 2.24) is 25.4 Å². The topological polar surface area (TPSA) is 67.1 Å². The van der Waals surface area contributed by atoms with Gasteiger partial charge < -0.3 is 10.6 Å². The first kappa shape index (κ1) is 22.4. The Morgan fingerprint density at radius 3 is 2.82 bits per heavy atom. The van der Waals surface area contributed by atoms with E-state index >= 15 is 0 Å². The van der Waals surface area contributed by atoms with E-state index in [0.717, 1.165) is 43.1 Å². The molecule has 0 bridgehead atoms. The third kappa shape index (κ3) is 6.59. The van der Waals surface area contributed by atoms with E-state index < -0.39 is 0 Å². The molecule has 0 unspecified atom stereocenters. The molecule has 3 rings (SSSR count). The van der Waals surface area contributed by atoms with E-state index in [1.165, 1.54) is 9.88 Å². The number of halogens is 1. The summed E-state index contributed by atoms with van der Waals surface area (Å²) >= 11 is 1.79. The minimum absolute atomic E-state index is 0. The zero-order chi connectivity index (χ0) is 18.9. The molecule has 3 aromatic rings. The van der Waals surface area contributed by atoms with Crippen LogP contribution in [-0.4, -0.2) is 33.8 Å². The molecule has 0 radical (unpaired) electrons. The maximum atomic E-state index is 4.71. The third-order valence-corrected chi connectivity index (χ3v) is 5.23. The monoisotopic (exact) mass is 510 g/mol. The van der Waals surface area contributed by atoms with Crippen LogP contribution in [0.2, 0.25) is 0 Å². The molecule has 8 heteroatoms. The van der Waals surface area contributed by atoms with Gasteiger partial charge in [0.25, 0.3) is 0 Å². The zero-order valence-corrected chi connectivity index (χ0v) is 19.4. The van der Waals surface area contributed by atoms with E-state index in [2.05, 4.69) is 46.7 Å². The normalized spacial score (nSPS) is 11.1. The SMILES string of the molecule is CCNC(=NCc1cccc(-n2cccn2)c1)NCCc1ncc(CC)s1.I. The lowest BCUT2D eigenvalue weighted by molar-refractivity contribution is 0.796. The van der Waals surface area contributed by atoms with Gasteiger partial charge in [-0.15, -0.1) is 35.3 Å². The highest BCUT2D eigenvalue weighted by atomic mass is 127. The Labute approximate surface area is 187 Å². The average molecular weight is 510 g/mol. The van der Waals surface area contributed by atoms with Crippen molar-refractivity contribution in [2.75, 3.05) is 13.1 Å². The maximum Gasteiger partial charge on any atom is 0.191 e. The van der Waals surface area contributed by atoms with Gasteiger partial charge in [-0.3, -0.25) is 0 Å². The second-order valence-corrected chi connectivity index (χ2v) is 7.27. The second kappa shape index (κ2) is 11.8. The number of hydrogen-bond acceptors (Lipinski definition) is 4. The van der Waals surface area contributed by atoms with Gasteiger partial charge in [-0.1, -0.05) is 19.1 Å². The zero-order valence-electron chi connectivity index (χ0n) is 16.3. The number of aliphatic imine (C=N–C) groups is 1. The van der Waals surface area contributed by atoms with Gasteiger partial charge in [-0.25, -0.2) is 14.7 Å². The number of guanidine groups is 1. The molecule has 28 heavy (non-hydrogen) atoms. The summed E-state index contributed by atoms with van der Waals surface area (Å²) in [6, 6.07) is 10.2. The van der Waals surface area contributed by atoms with E-state index in [-0.39, 0.29) is 24.0 Å². The Bertz CT molecular complexity index is 859. The van der Waals surface area contributed by atoms with Crippen LogP contribution in [0, 0.1) is 0 Å². The third-order valence-electron chi connectivity index (χ3n) is 4.02. The van der Waals surface area contributed by atoms with Crippen LogP contribution >= 0.6 is 35.3 Å². The largest absolute Gasteiger partial charge is 0.357 e. The molecule has 0 aliphatic rings. The Morgan fingerprint density at radius 1 is 1.21 bits per heavy atom. The van der Waals surface area contributed by atoms with Gasteiger partial charge in [0.05, 0.1) is 17.2 Å². The van der Waals surface area contributed by atoms with Crippen LogP contribution in [0.15, 0.2) is 53.9 Å². The summed E-state index contributed by atoms with van der Waals surface area (Å²) in [5, 5.41) is 12.1. The lowest BCUT2D eigenvalue weighted by atomic mass is 10.2. The molecule has 2 heterocycles. The van der Waals surface area contributed by atoms with Gasteiger partial charge in [-0.2, -0.15) is 5.10 Å². The van der Waals surface area contributed by atoms with Crippen molar-refractivity contribution in [3.05, 3.63) is 64.4 Å². The summed E-state index contributed by atoms with van der Waals surface area (Å²) < 4.78 is 1.86. The van der Waals surface area contributed by atoms with Crippen LogP contribution in [0.3, 0.4) is 0 Å². The van der Waals surface area contributed by atoms with Crippen LogP contribution < -0.4 is 10.6 Å². The molecule has 0 atom stereocenters. The number of rotatable bonds is 8. The van der Waals surface area contributed by atoms with E-state index in [1.54, 1.807) is 17.5 Å². The highest BCUT2D eigenvalue weighted by molar-refractivity contribution is 14.0. The number of nitrogens with zero attached hydrogens (tertiary/aromatic N) is 4. The maximum absolute atomic E-state index is 4.71. The fourth-order valence-corrected chi connectivity index (χ4v) is 3.51. The molecule has 2 N–H and O–H groups in total. The number of thiazole rings is 1. The van der Waals surface area contributed by atoms with E-state index in [9.17, 15) is 0 Å². The molecule has 0 amide bonds. The first-order chi connectivity index (χ1) is 13.3. The van der Waals surface area contributed by atoms with Gasteiger partial charge in [-0.05, 0) is 37.1 Å². The molecule has 1 aromatic carbocycles. The van der Waals surface area contributed by atoms with E-state index in [4.69, 9.17) is 4.99 Å².